The highest BCUT2D eigenvalue weighted by molar-refractivity contribution is 7.11. The third-order valence-corrected chi connectivity index (χ3v) is 21.0. The van der Waals surface area contributed by atoms with Crippen LogP contribution in [-0.2, 0) is 12.6 Å². The second-order valence-corrected chi connectivity index (χ2v) is 24.3. The number of rotatable bonds is 12. The summed E-state index contributed by atoms with van der Waals surface area (Å²) in [6, 6.07) is 114. The van der Waals surface area contributed by atoms with E-state index in [2.05, 4.69) is 312 Å². The van der Waals surface area contributed by atoms with Gasteiger partial charge in [0.1, 0.15) is 0 Å². The number of hydrogen-bond acceptors (Lipinski definition) is 0. The molecule has 0 atom stereocenters. The Bertz CT molecular complexity index is 4230. The predicted molar refractivity (Wildman–Crippen MR) is 329 cm³/mol. The van der Waals surface area contributed by atoms with Gasteiger partial charge in [-0.25, -0.2) is 0 Å². The maximum atomic E-state index is 2.56. The molecular weight excluding hydrogens is 945 g/mol. The lowest BCUT2D eigenvalue weighted by Gasteiger charge is -2.34. The normalized spacial score (nSPS) is 11.7. The third-order valence-electron chi connectivity index (χ3n) is 16.1. The van der Waals surface area contributed by atoms with Crippen molar-refractivity contribution < 1.29 is 0 Å². The molecule has 0 spiro atoms. The number of aromatic nitrogens is 2. The van der Waals surface area contributed by atoms with Crippen molar-refractivity contribution in [2.45, 2.75) is 12.6 Å². The molecule has 0 aliphatic carbocycles. The number of hydrogen-bond donors (Lipinski definition) is 0. The van der Waals surface area contributed by atoms with Gasteiger partial charge in [0, 0.05) is 44.8 Å². The first-order valence-electron chi connectivity index (χ1n) is 26.8. The first-order valence-corrected chi connectivity index (χ1v) is 29.0. The van der Waals surface area contributed by atoms with E-state index in [1.165, 1.54) is 115 Å². The summed E-state index contributed by atoms with van der Waals surface area (Å²) < 4.78 is 5.08. The SMILES string of the molecule is c1ccc(-c2cccc(-c3cccc(-c4cccc(-c5ccccc5)c4)c3Cn3c4ccccc4c4cc(-n5c6ccccc6c6c(C[Si](c7ccccc7)(c7ccccc7)c7ccccc7)cccc65)ccc43)c2)cc1. The summed E-state index contributed by atoms with van der Waals surface area (Å²) in [6.45, 7) is 0.675. The minimum atomic E-state index is -2.64. The van der Waals surface area contributed by atoms with Gasteiger partial charge in [-0.15, -0.1) is 0 Å². The molecule has 364 valence electrons. The maximum absolute atomic E-state index is 2.64. The van der Waals surface area contributed by atoms with Crippen molar-refractivity contribution in [1.29, 1.82) is 0 Å². The van der Waals surface area contributed by atoms with Crippen LogP contribution in [0.15, 0.2) is 303 Å². The molecule has 0 amide bonds. The minimum absolute atomic E-state index is 0.675. The molecule has 0 saturated carbocycles. The fourth-order valence-corrected chi connectivity index (χ4v) is 17.3. The lowest BCUT2D eigenvalue weighted by Crippen LogP contribution is -2.68. The third kappa shape index (κ3) is 8.12. The highest BCUT2D eigenvalue weighted by atomic mass is 28.3. The number of benzene rings is 12. The Morgan fingerprint density at radius 1 is 0.286 bits per heavy atom. The van der Waals surface area contributed by atoms with Crippen LogP contribution in [0.1, 0.15) is 11.1 Å². The topological polar surface area (TPSA) is 9.86 Å². The molecule has 12 aromatic carbocycles. The molecule has 2 aromatic heterocycles. The fourth-order valence-electron chi connectivity index (χ4n) is 12.6. The van der Waals surface area contributed by atoms with Crippen LogP contribution in [0, 0.1) is 0 Å². The summed E-state index contributed by atoms with van der Waals surface area (Å²) in [5.74, 6) is 0. The molecule has 0 aliphatic heterocycles. The van der Waals surface area contributed by atoms with Crippen molar-refractivity contribution in [1.82, 2.24) is 9.13 Å². The number of para-hydroxylation sites is 2. The monoisotopic (exact) mass is 998 g/mol. The zero-order chi connectivity index (χ0) is 51.1. The number of nitrogens with zero attached hydrogens (tertiary/aromatic N) is 2. The predicted octanol–water partition coefficient (Wildman–Crippen LogP) is 16.9. The Balaban J connectivity index is 0.942. The van der Waals surface area contributed by atoms with E-state index in [9.17, 15) is 0 Å². The van der Waals surface area contributed by atoms with Crippen LogP contribution in [0.25, 0.3) is 93.8 Å². The van der Waals surface area contributed by atoms with E-state index >= 15 is 0 Å². The van der Waals surface area contributed by atoms with E-state index in [4.69, 9.17) is 0 Å². The van der Waals surface area contributed by atoms with Crippen LogP contribution in [0.4, 0.5) is 0 Å². The summed E-state index contributed by atoms with van der Waals surface area (Å²) >= 11 is 0. The molecule has 2 nitrogen and oxygen atoms in total. The Hall–Kier alpha value is -9.54. The molecule has 0 bridgehead atoms. The van der Waals surface area contributed by atoms with Crippen LogP contribution < -0.4 is 15.6 Å². The molecule has 14 rings (SSSR count). The Kier molecular flexibility index (Phi) is 11.7. The van der Waals surface area contributed by atoms with Gasteiger partial charge in [-0.2, -0.15) is 0 Å². The first kappa shape index (κ1) is 46.0. The van der Waals surface area contributed by atoms with Crippen molar-refractivity contribution in [2.24, 2.45) is 0 Å². The molecule has 0 unspecified atom stereocenters. The Labute approximate surface area is 451 Å². The van der Waals surface area contributed by atoms with E-state index in [1.54, 1.807) is 0 Å². The van der Waals surface area contributed by atoms with Gasteiger partial charge >= 0.3 is 0 Å². The summed E-state index contributed by atoms with van der Waals surface area (Å²) in [4.78, 5) is 0. The van der Waals surface area contributed by atoms with Crippen molar-refractivity contribution >= 4 is 67.2 Å². The summed E-state index contributed by atoms with van der Waals surface area (Å²) in [6.07, 6.45) is 0. The molecule has 0 aliphatic rings. The van der Waals surface area contributed by atoms with Crippen molar-refractivity contribution in [2.75, 3.05) is 0 Å². The molecular formula is C74H54N2Si. The summed E-state index contributed by atoms with van der Waals surface area (Å²) in [5, 5.41) is 9.31. The second-order valence-electron chi connectivity index (χ2n) is 20.4. The van der Waals surface area contributed by atoms with E-state index in [0.29, 0.717) is 6.54 Å². The molecule has 3 heteroatoms. The Morgan fingerprint density at radius 3 is 1.29 bits per heavy atom. The van der Waals surface area contributed by atoms with Crippen molar-refractivity contribution in [3.05, 3.63) is 314 Å². The Morgan fingerprint density at radius 2 is 0.714 bits per heavy atom. The van der Waals surface area contributed by atoms with Gasteiger partial charge in [0.15, 0.2) is 8.07 Å². The average Bonchev–Trinajstić information content (AvgIpc) is 4.19. The molecule has 0 saturated heterocycles. The van der Waals surface area contributed by atoms with Gasteiger partial charge in [-0.1, -0.05) is 255 Å². The molecule has 2 heterocycles. The van der Waals surface area contributed by atoms with Crippen molar-refractivity contribution in [3.63, 3.8) is 0 Å². The highest BCUT2D eigenvalue weighted by Gasteiger charge is 2.40. The van der Waals surface area contributed by atoms with E-state index < -0.39 is 8.07 Å². The smallest absolute Gasteiger partial charge is 0.152 e. The van der Waals surface area contributed by atoms with E-state index in [1.807, 2.05) is 0 Å². The molecule has 0 fully saturated rings. The lowest BCUT2D eigenvalue weighted by molar-refractivity contribution is 0.872. The molecule has 77 heavy (non-hydrogen) atoms. The summed E-state index contributed by atoms with van der Waals surface area (Å²) in [5.41, 5.74) is 18.3. The highest BCUT2D eigenvalue weighted by Crippen LogP contribution is 2.41. The van der Waals surface area contributed by atoms with Crippen molar-refractivity contribution in [3.8, 4) is 50.2 Å². The van der Waals surface area contributed by atoms with E-state index in [-0.39, 0.29) is 0 Å². The van der Waals surface area contributed by atoms with Gasteiger partial charge in [0.2, 0.25) is 0 Å². The van der Waals surface area contributed by atoms with Crippen LogP contribution in [0.2, 0.25) is 0 Å². The van der Waals surface area contributed by atoms with Gasteiger partial charge in [-0.05, 0) is 126 Å². The van der Waals surface area contributed by atoms with Crippen LogP contribution in [-0.4, -0.2) is 17.2 Å². The van der Waals surface area contributed by atoms with Gasteiger partial charge < -0.3 is 9.13 Å². The van der Waals surface area contributed by atoms with Gasteiger partial charge in [0.25, 0.3) is 0 Å². The minimum Gasteiger partial charge on any atom is -0.336 e. The van der Waals surface area contributed by atoms with Crippen LogP contribution >= 0.6 is 0 Å². The summed E-state index contributed by atoms with van der Waals surface area (Å²) in [7, 11) is -2.64. The molecule has 0 N–H and O–H groups in total. The van der Waals surface area contributed by atoms with Gasteiger partial charge in [-0.3, -0.25) is 0 Å². The van der Waals surface area contributed by atoms with E-state index in [0.717, 1.165) is 11.7 Å². The molecule has 0 radical (unpaired) electrons. The van der Waals surface area contributed by atoms with Gasteiger partial charge in [0.05, 0.1) is 11.0 Å². The first-order chi connectivity index (χ1) is 38.2. The standard InChI is InChI=1S/C74H54N2Si/c1-6-24-53(25-7-1)55-28-20-30-57(48-55)64-41-23-42-65(58-31-21-29-56(49-58)54-26-8-2-9-27-54)69(64)51-75-70-43-18-16-39-66(70)68-50-60(46-47-71(68)75)76-72-44-19-17-40-67(72)74-59(32-22-45-73(74)76)52-77(61-33-10-3-11-34-61,62-35-12-4-13-36-62)63-37-14-5-15-38-63/h1-50H,51-52H2. The number of fused-ring (bicyclic) bond motifs is 6. The average molecular weight is 999 g/mol. The fraction of sp³-hybridized carbons (Fsp3) is 0.0270. The quantitative estimate of drug-likeness (QED) is 0.0853. The molecule has 14 aromatic rings. The maximum Gasteiger partial charge on any atom is 0.152 e. The zero-order valence-corrected chi connectivity index (χ0v) is 43.7. The van der Waals surface area contributed by atoms with Crippen LogP contribution in [0.3, 0.4) is 0 Å². The second kappa shape index (κ2) is 19.6. The zero-order valence-electron chi connectivity index (χ0n) is 42.7. The van der Waals surface area contributed by atoms with Crippen LogP contribution in [0.5, 0.6) is 0 Å². The largest absolute Gasteiger partial charge is 0.336 e. The lowest BCUT2D eigenvalue weighted by atomic mass is 9.89.